The molecular formula is C22H19NO. The van der Waals surface area contributed by atoms with E-state index in [0.29, 0.717) is 0 Å². The van der Waals surface area contributed by atoms with Gasteiger partial charge >= 0.3 is 0 Å². The molecule has 0 unspecified atom stereocenters. The van der Waals surface area contributed by atoms with Crippen LogP contribution in [0.4, 0.5) is 0 Å². The van der Waals surface area contributed by atoms with Gasteiger partial charge in [0.1, 0.15) is 6.29 Å². The molecule has 2 nitrogen and oxygen atoms in total. The molecule has 3 aromatic carbocycles. The van der Waals surface area contributed by atoms with Crippen LogP contribution >= 0.6 is 0 Å². The smallest absolute Gasteiger partial charge is 0.150 e. The van der Waals surface area contributed by atoms with Gasteiger partial charge in [-0.2, -0.15) is 0 Å². The zero-order valence-corrected chi connectivity index (χ0v) is 13.9. The Kier molecular flexibility index (Phi) is 3.46. The van der Waals surface area contributed by atoms with Crippen molar-refractivity contribution in [3.63, 3.8) is 0 Å². The summed E-state index contributed by atoms with van der Waals surface area (Å²) in [4.78, 5) is 11.5. The van der Waals surface area contributed by atoms with Crippen LogP contribution in [0.25, 0.3) is 32.9 Å². The first-order valence-corrected chi connectivity index (χ1v) is 8.30. The van der Waals surface area contributed by atoms with Crippen LogP contribution in [0.5, 0.6) is 0 Å². The molecule has 2 heteroatoms. The van der Waals surface area contributed by atoms with Gasteiger partial charge in [-0.15, -0.1) is 0 Å². The fourth-order valence-electron chi connectivity index (χ4n) is 3.56. The number of carbonyl (C=O) groups is 1. The monoisotopic (exact) mass is 313 g/mol. The van der Waals surface area contributed by atoms with Crippen LogP contribution in [-0.4, -0.2) is 10.9 Å². The molecule has 24 heavy (non-hydrogen) atoms. The molecule has 0 aliphatic carbocycles. The second kappa shape index (κ2) is 5.64. The molecule has 4 aromatic rings. The number of aryl methyl sites for hydroxylation is 2. The Morgan fingerprint density at radius 2 is 1.71 bits per heavy atom. The summed E-state index contributed by atoms with van der Waals surface area (Å²) < 4.78 is 2.34. The van der Waals surface area contributed by atoms with E-state index in [1.54, 1.807) is 0 Å². The Morgan fingerprint density at radius 1 is 0.958 bits per heavy atom. The minimum absolute atomic E-state index is 0.720. The third-order valence-electron chi connectivity index (χ3n) is 4.70. The number of aldehydes is 1. The maximum Gasteiger partial charge on any atom is 0.150 e. The van der Waals surface area contributed by atoms with Crippen molar-refractivity contribution in [2.45, 2.75) is 20.4 Å². The average molecular weight is 313 g/mol. The highest BCUT2D eigenvalue weighted by Gasteiger charge is 2.15. The topological polar surface area (TPSA) is 22.0 Å². The Bertz CT molecular complexity index is 1050. The lowest BCUT2D eigenvalue weighted by Crippen LogP contribution is -1.96. The van der Waals surface area contributed by atoms with Gasteiger partial charge in [0, 0.05) is 34.0 Å². The van der Waals surface area contributed by atoms with Crippen molar-refractivity contribution in [2.75, 3.05) is 0 Å². The van der Waals surface area contributed by atoms with E-state index in [1.165, 1.54) is 22.0 Å². The Balaban J connectivity index is 2.19. The molecule has 0 bridgehead atoms. The third kappa shape index (κ3) is 2.15. The predicted octanol–water partition coefficient (Wildman–Crippen LogP) is 5.60. The molecule has 0 saturated carbocycles. The molecule has 1 heterocycles. The number of carbonyl (C=O) groups excluding carboxylic acids is 1. The summed E-state index contributed by atoms with van der Waals surface area (Å²) in [6, 6.07) is 20.9. The summed E-state index contributed by atoms with van der Waals surface area (Å²) >= 11 is 0. The first kappa shape index (κ1) is 14.7. The van der Waals surface area contributed by atoms with Crippen LogP contribution < -0.4 is 0 Å². The van der Waals surface area contributed by atoms with Gasteiger partial charge < -0.3 is 4.57 Å². The summed E-state index contributed by atoms with van der Waals surface area (Å²) in [5.41, 5.74) is 6.63. The lowest BCUT2D eigenvalue weighted by molar-refractivity contribution is 0.112. The maximum absolute atomic E-state index is 11.5. The molecule has 0 fully saturated rings. The highest BCUT2D eigenvalue weighted by atomic mass is 16.1. The van der Waals surface area contributed by atoms with Gasteiger partial charge in [0.25, 0.3) is 0 Å². The summed E-state index contributed by atoms with van der Waals surface area (Å²) in [5.74, 6) is 0. The molecule has 0 spiro atoms. The standard InChI is InChI=1S/C22H19NO/c1-3-23-21-7-5-4-6-18(21)20-13-16(14-24)12-19(22(20)23)17-10-8-15(2)9-11-17/h4-14H,3H2,1-2H3. The van der Waals surface area contributed by atoms with Gasteiger partial charge in [0.15, 0.2) is 0 Å². The zero-order chi connectivity index (χ0) is 16.7. The van der Waals surface area contributed by atoms with Crippen LogP contribution in [0.3, 0.4) is 0 Å². The van der Waals surface area contributed by atoms with Gasteiger partial charge in [0.2, 0.25) is 0 Å². The summed E-state index contributed by atoms with van der Waals surface area (Å²) in [6.45, 7) is 5.14. The highest BCUT2D eigenvalue weighted by Crippen LogP contribution is 2.36. The van der Waals surface area contributed by atoms with Gasteiger partial charge in [-0.05, 0) is 37.6 Å². The second-order valence-electron chi connectivity index (χ2n) is 6.21. The van der Waals surface area contributed by atoms with Gasteiger partial charge in [-0.1, -0.05) is 48.0 Å². The minimum atomic E-state index is 0.720. The maximum atomic E-state index is 11.5. The van der Waals surface area contributed by atoms with Crippen LogP contribution in [0.1, 0.15) is 22.8 Å². The van der Waals surface area contributed by atoms with E-state index in [2.05, 4.69) is 66.9 Å². The van der Waals surface area contributed by atoms with Crippen LogP contribution in [-0.2, 0) is 6.54 Å². The van der Waals surface area contributed by atoms with E-state index in [0.717, 1.165) is 34.9 Å². The quantitative estimate of drug-likeness (QED) is 0.451. The Hall–Kier alpha value is -2.87. The molecule has 4 rings (SSSR count). The molecule has 0 atom stereocenters. The minimum Gasteiger partial charge on any atom is -0.340 e. The first-order valence-electron chi connectivity index (χ1n) is 8.30. The Labute approximate surface area is 141 Å². The lowest BCUT2D eigenvalue weighted by Gasteiger charge is -2.10. The van der Waals surface area contributed by atoms with E-state index < -0.39 is 0 Å². The predicted molar refractivity (Wildman–Crippen MR) is 101 cm³/mol. The molecule has 0 N–H and O–H groups in total. The summed E-state index contributed by atoms with van der Waals surface area (Å²) in [7, 11) is 0. The van der Waals surface area contributed by atoms with Crippen molar-refractivity contribution in [3.05, 3.63) is 71.8 Å². The normalized spacial score (nSPS) is 11.2. The fraction of sp³-hybridized carbons (Fsp3) is 0.136. The molecule has 0 aliphatic heterocycles. The number of rotatable bonds is 3. The van der Waals surface area contributed by atoms with Crippen molar-refractivity contribution in [1.82, 2.24) is 4.57 Å². The number of hydrogen-bond acceptors (Lipinski definition) is 1. The molecule has 0 amide bonds. The van der Waals surface area contributed by atoms with Crippen molar-refractivity contribution in [2.24, 2.45) is 0 Å². The number of para-hydroxylation sites is 1. The number of fused-ring (bicyclic) bond motifs is 3. The number of nitrogens with zero attached hydrogens (tertiary/aromatic N) is 1. The molecular weight excluding hydrogens is 294 g/mol. The number of hydrogen-bond donors (Lipinski definition) is 0. The Morgan fingerprint density at radius 3 is 2.42 bits per heavy atom. The summed E-state index contributed by atoms with van der Waals surface area (Å²) in [5, 5.41) is 2.35. The highest BCUT2D eigenvalue weighted by molar-refractivity contribution is 6.14. The number of aromatic nitrogens is 1. The van der Waals surface area contributed by atoms with E-state index in [9.17, 15) is 4.79 Å². The van der Waals surface area contributed by atoms with Crippen LogP contribution in [0.15, 0.2) is 60.7 Å². The van der Waals surface area contributed by atoms with Crippen LogP contribution in [0.2, 0.25) is 0 Å². The molecule has 118 valence electrons. The fourth-order valence-corrected chi connectivity index (χ4v) is 3.56. The largest absolute Gasteiger partial charge is 0.340 e. The van der Waals surface area contributed by atoms with E-state index >= 15 is 0 Å². The third-order valence-corrected chi connectivity index (χ3v) is 4.70. The molecule has 0 radical (unpaired) electrons. The van der Waals surface area contributed by atoms with Gasteiger partial charge in [0.05, 0.1) is 5.52 Å². The first-order chi connectivity index (χ1) is 11.7. The van der Waals surface area contributed by atoms with Crippen LogP contribution in [0, 0.1) is 6.92 Å². The molecule has 0 saturated heterocycles. The van der Waals surface area contributed by atoms with Gasteiger partial charge in [-0.3, -0.25) is 4.79 Å². The lowest BCUT2D eigenvalue weighted by atomic mass is 9.98. The van der Waals surface area contributed by atoms with Crippen molar-refractivity contribution < 1.29 is 4.79 Å². The van der Waals surface area contributed by atoms with E-state index in [-0.39, 0.29) is 0 Å². The van der Waals surface area contributed by atoms with Crippen molar-refractivity contribution in [3.8, 4) is 11.1 Å². The van der Waals surface area contributed by atoms with Gasteiger partial charge in [-0.25, -0.2) is 0 Å². The SMILES string of the molecule is CCn1c2ccccc2c2cc(C=O)cc(-c3ccc(C)cc3)c21. The second-order valence-corrected chi connectivity index (χ2v) is 6.21. The van der Waals surface area contributed by atoms with Crippen molar-refractivity contribution in [1.29, 1.82) is 0 Å². The van der Waals surface area contributed by atoms with E-state index in [4.69, 9.17) is 0 Å². The zero-order valence-electron chi connectivity index (χ0n) is 13.9. The average Bonchev–Trinajstić information content (AvgIpc) is 2.95. The number of benzene rings is 3. The summed E-state index contributed by atoms with van der Waals surface area (Å²) in [6.07, 6.45) is 0.940. The molecule has 1 aromatic heterocycles. The molecule has 0 aliphatic rings. The van der Waals surface area contributed by atoms with E-state index in [1.807, 2.05) is 12.1 Å². The van der Waals surface area contributed by atoms with Crippen molar-refractivity contribution >= 4 is 28.1 Å².